The SMILES string of the molecule is COc1ccc(-c2nn(-c3ccccc3)cc2[C@@H]2N=C(c3ccccc3)NO2)cc1. The van der Waals surface area contributed by atoms with Crippen LogP contribution < -0.4 is 10.2 Å². The van der Waals surface area contributed by atoms with E-state index in [1.54, 1.807) is 7.11 Å². The highest BCUT2D eigenvalue weighted by molar-refractivity contribution is 5.98. The van der Waals surface area contributed by atoms with Crippen LogP contribution in [-0.4, -0.2) is 22.7 Å². The first-order valence-electron chi connectivity index (χ1n) is 9.66. The molecule has 0 radical (unpaired) electrons. The lowest BCUT2D eigenvalue weighted by molar-refractivity contribution is 0.0380. The van der Waals surface area contributed by atoms with E-state index in [1.807, 2.05) is 95.8 Å². The lowest BCUT2D eigenvalue weighted by Crippen LogP contribution is -2.17. The zero-order valence-corrected chi connectivity index (χ0v) is 16.4. The summed E-state index contributed by atoms with van der Waals surface area (Å²) in [5.41, 5.74) is 7.56. The van der Waals surface area contributed by atoms with E-state index in [0.29, 0.717) is 5.84 Å². The van der Waals surface area contributed by atoms with Gasteiger partial charge in [0.15, 0.2) is 5.84 Å². The Labute approximate surface area is 174 Å². The molecule has 148 valence electrons. The van der Waals surface area contributed by atoms with Gasteiger partial charge in [-0.2, -0.15) is 5.10 Å². The van der Waals surface area contributed by atoms with Gasteiger partial charge in [0.1, 0.15) is 11.4 Å². The number of hydrogen-bond donors (Lipinski definition) is 1. The molecule has 0 bridgehead atoms. The fraction of sp³-hybridized carbons (Fsp3) is 0.0833. The quantitative estimate of drug-likeness (QED) is 0.539. The van der Waals surface area contributed by atoms with Crippen molar-refractivity contribution in [3.63, 3.8) is 0 Å². The Morgan fingerprint density at radius 3 is 2.27 bits per heavy atom. The molecule has 0 unspecified atom stereocenters. The number of nitrogens with zero attached hydrogens (tertiary/aromatic N) is 3. The summed E-state index contributed by atoms with van der Waals surface area (Å²) in [6, 6.07) is 27.7. The Morgan fingerprint density at radius 2 is 1.57 bits per heavy atom. The predicted octanol–water partition coefficient (Wildman–Crippen LogP) is 4.53. The number of para-hydroxylation sites is 1. The number of amidine groups is 1. The summed E-state index contributed by atoms with van der Waals surface area (Å²) in [4.78, 5) is 10.6. The first-order chi connectivity index (χ1) is 14.8. The summed E-state index contributed by atoms with van der Waals surface area (Å²) >= 11 is 0. The second kappa shape index (κ2) is 7.85. The average Bonchev–Trinajstić information content (AvgIpc) is 3.48. The van der Waals surface area contributed by atoms with E-state index in [2.05, 4.69) is 5.48 Å². The molecule has 6 heteroatoms. The third-order valence-electron chi connectivity index (χ3n) is 4.95. The second-order valence-electron chi connectivity index (χ2n) is 6.86. The van der Waals surface area contributed by atoms with Gasteiger partial charge in [-0.15, -0.1) is 0 Å². The molecule has 30 heavy (non-hydrogen) atoms. The smallest absolute Gasteiger partial charge is 0.206 e. The monoisotopic (exact) mass is 396 g/mol. The number of aromatic nitrogens is 2. The van der Waals surface area contributed by atoms with Crippen molar-refractivity contribution in [3.05, 3.63) is 102 Å². The van der Waals surface area contributed by atoms with E-state index in [9.17, 15) is 0 Å². The maximum Gasteiger partial charge on any atom is 0.206 e. The number of nitrogens with one attached hydrogen (secondary N) is 1. The number of ether oxygens (including phenoxy) is 1. The van der Waals surface area contributed by atoms with Crippen LogP contribution >= 0.6 is 0 Å². The van der Waals surface area contributed by atoms with Crippen molar-refractivity contribution in [2.45, 2.75) is 6.23 Å². The zero-order chi connectivity index (χ0) is 20.3. The minimum absolute atomic E-state index is 0.505. The van der Waals surface area contributed by atoms with Crippen molar-refractivity contribution in [1.82, 2.24) is 15.3 Å². The van der Waals surface area contributed by atoms with Crippen molar-refractivity contribution in [3.8, 4) is 22.7 Å². The fourth-order valence-corrected chi connectivity index (χ4v) is 3.40. The van der Waals surface area contributed by atoms with Crippen LogP contribution in [0.1, 0.15) is 17.4 Å². The van der Waals surface area contributed by atoms with Crippen LogP contribution in [0.3, 0.4) is 0 Å². The van der Waals surface area contributed by atoms with Gasteiger partial charge in [0.2, 0.25) is 6.23 Å². The molecule has 0 saturated heterocycles. The Kier molecular flexibility index (Phi) is 4.75. The highest BCUT2D eigenvalue weighted by Crippen LogP contribution is 2.33. The van der Waals surface area contributed by atoms with Crippen molar-refractivity contribution in [2.24, 2.45) is 4.99 Å². The van der Waals surface area contributed by atoms with Crippen LogP contribution in [0.2, 0.25) is 0 Å². The molecular weight excluding hydrogens is 376 g/mol. The Balaban J connectivity index is 1.58. The van der Waals surface area contributed by atoms with E-state index in [1.165, 1.54) is 0 Å². The van der Waals surface area contributed by atoms with E-state index < -0.39 is 6.23 Å². The number of methoxy groups -OCH3 is 1. The first-order valence-corrected chi connectivity index (χ1v) is 9.66. The minimum atomic E-state index is -0.505. The summed E-state index contributed by atoms with van der Waals surface area (Å²) in [6.07, 6.45) is 1.47. The van der Waals surface area contributed by atoms with Crippen LogP contribution in [0.25, 0.3) is 16.9 Å². The molecule has 1 aromatic heterocycles. The van der Waals surface area contributed by atoms with E-state index >= 15 is 0 Å². The van der Waals surface area contributed by atoms with Gasteiger partial charge in [0, 0.05) is 17.3 Å². The Bertz CT molecular complexity index is 1170. The molecular formula is C24H20N4O2. The van der Waals surface area contributed by atoms with E-state index in [0.717, 1.165) is 33.8 Å². The van der Waals surface area contributed by atoms with Gasteiger partial charge in [-0.05, 0) is 36.4 Å². The third-order valence-corrected chi connectivity index (χ3v) is 4.95. The van der Waals surface area contributed by atoms with Crippen molar-refractivity contribution in [2.75, 3.05) is 7.11 Å². The molecule has 4 aromatic rings. The molecule has 1 aliphatic rings. The Morgan fingerprint density at radius 1 is 0.867 bits per heavy atom. The number of hydrogen-bond acceptors (Lipinski definition) is 5. The lowest BCUT2D eigenvalue weighted by Gasteiger charge is -2.07. The van der Waals surface area contributed by atoms with Gasteiger partial charge in [0.05, 0.1) is 18.4 Å². The number of aliphatic imine (C=N–C) groups is 1. The molecule has 0 saturated carbocycles. The average molecular weight is 396 g/mol. The van der Waals surface area contributed by atoms with Gasteiger partial charge in [0.25, 0.3) is 0 Å². The van der Waals surface area contributed by atoms with Gasteiger partial charge in [-0.1, -0.05) is 48.5 Å². The van der Waals surface area contributed by atoms with Crippen molar-refractivity contribution in [1.29, 1.82) is 0 Å². The topological polar surface area (TPSA) is 60.7 Å². The molecule has 1 aliphatic heterocycles. The van der Waals surface area contributed by atoms with Gasteiger partial charge in [-0.3, -0.25) is 0 Å². The summed E-state index contributed by atoms with van der Waals surface area (Å²) in [6.45, 7) is 0. The molecule has 6 nitrogen and oxygen atoms in total. The third kappa shape index (κ3) is 3.44. The van der Waals surface area contributed by atoms with Crippen LogP contribution in [0.15, 0.2) is 96.1 Å². The summed E-state index contributed by atoms with van der Waals surface area (Å²) in [5, 5.41) is 4.85. The van der Waals surface area contributed by atoms with Crippen LogP contribution in [-0.2, 0) is 4.84 Å². The fourth-order valence-electron chi connectivity index (χ4n) is 3.40. The molecule has 1 atom stereocenters. The standard InChI is InChI=1S/C24H20N4O2/c1-29-20-14-12-17(13-15-20)22-21(16-28(26-22)19-10-6-3-7-11-19)24-25-23(27-30-24)18-8-4-2-5-9-18/h2-16,24H,1H3,(H,25,27)/t24-/m1/s1. The predicted molar refractivity (Wildman–Crippen MR) is 115 cm³/mol. The minimum Gasteiger partial charge on any atom is -0.497 e. The Hall–Kier alpha value is -3.90. The molecule has 0 spiro atoms. The molecule has 3 aromatic carbocycles. The van der Waals surface area contributed by atoms with E-state index in [-0.39, 0.29) is 0 Å². The molecule has 2 heterocycles. The number of rotatable bonds is 5. The normalized spacial score (nSPS) is 15.5. The molecule has 1 N–H and O–H groups in total. The zero-order valence-electron chi connectivity index (χ0n) is 16.4. The van der Waals surface area contributed by atoms with Crippen molar-refractivity contribution < 1.29 is 9.57 Å². The molecule has 5 rings (SSSR count). The van der Waals surface area contributed by atoms with Crippen LogP contribution in [0.5, 0.6) is 5.75 Å². The molecule has 0 fully saturated rings. The highest BCUT2D eigenvalue weighted by Gasteiger charge is 2.26. The highest BCUT2D eigenvalue weighted by atomic mass is 16.7. The second-order valence-corrected chi connectivity index (χ2v) is 6.86. The number of benzene rings is 3. The molecule has 0 amide bonds. The van der Waals surface area contributed by atoms with Gasteiger partial charge < -0.3 is 4.74 Å². The summed E-state index contributed by atoms with van der Waals surface area (Å²) in [7, 11) is 1.66. The summed E-state index contributed by atoms with van der Waals surface area (Å²) < 4.78 is 7.15. The summed E-state index contributed by atoms with van der Waals surface area (Å²) in [5.74, 6) is 1.50. The van der Waals surface area contributed by atoms with Crippen molar-refractivity contribution >= 4 is 5.84 Å². The maximum atomic E-state index is 5.83. The number of hydroxylamine groups is 1. The van der Waals surface area contributed by atoms with Crippen LogP contribution in [0.4, 0.5) is 0 Å². The first kappa shape index (κ1) is 18.1. The maximum absolute atomic E-state index is 5.83. The van der Waals surface area contributed by atoms with Crippen LogP contribution in [0, 0.1) is 0 Å². The van der Waals surface area contributed by atoms with Gasteiger partial charge in [-0.25, -0.2) is 20.0 Å². The van der Waals surface area contributed by atoms with Gasteiger partial charge >= 0.3 is 0 Å². The molecule has 0 aliphatic carbocycles. The lowest BCUT2D eigenvalue weighted by atomic mass is 10.1. The van der Waals surface area contributed by atoms with E-state index in [4.69, 9.17) is 19.7 Å². The largest absolute Gasteiger partial charge is 0.497 e.